The third-order valence-electron chi connectivity index (χ3n) is 4.58. The predicted molar refractivity (Wildman–Crippen MR) is 80.4 cm³/mol. The van der Waals surface area contributed by atoms with Crippen LogP contribution in [0.3, 0.4) is 0 Å². The van der Waals surface area contributed by atoms with Crippen LogP contribution in [0.5, 0.6) is 5.75 Å². The number of carbonyl (C=O) groups is 1. The van der Waals surface area contributed by atoms with Crippen molar-refractivity contribution < 1.29 is 9.53 Å². The minimum atomic E-state index is 0.0556. The van der Waals surface area contributed by atoms with E-state index in [0.717, 1.165) is 25.1 Å². The lowest BCUT2D eigenvalue weighted by Gasteiger charge is -2.27. The van der Waals surface area contributed by atoms with Crippen LogP contribution >= 0.6 is 0 Å². The van der Waals surface area contributed by atoms with E-state index >= 15 is 0 Å². The molecule has 112 valence electrons. The number of amides is 1. The summed E-state index contributed by atoms with van der Waals surface area (Å²) >= 11 is 0. The van der Waals surface area contributed by atoms with Gasteiger partial charge in [0.2, 0.25) is 0 Å². The van der Waals surface area contributed by atoms with Crippen molar-refractivity contribution in [1.82, 2.24) is 14.9 Å². The molecule has 4 rings (SSSR count). The van der Waals surface area contributed by atoms with Crippen molar-refractivity contribution in [2.75, 3.05) is 6.54 Å². The summed E-state index contributed by atoms with van der Waals surface area (Å²) in [4.78, 5) is 22.7. The molecule has 5 heteroatoms. The SMILES string of the molecule is O=C(c1cccnc1)N1CC2CCC1C2Oc1cccnc1. The molecule has 2 bridgehead atoms. The predicted octanol–water partition coefficient (Wildman–Crippen LogP) is 2.16. The highest BCUT2D eigenvalue weighted by molar-refractivity contribution is 5.94. The van der Waals surface area contributed by atoms with E-state index < -0.39 is 0 Å². The Morgan fingerprint density at radius 1 is 1.14 bits per heavy atom. The molecule has 0 aromatic carbocycles. The minimum Gasteiger partial charge on any atom is -0.486 e. The maximum Gasteiger partial charge on any atom is 0.255 e. The zero-order valence-electron chi connectivity index (χ0n) is 12.1. The number of fused-ring (bicyclic) bond motifs is 2. The smallest absolute Gasteiger partial charge is 0.255 e. The molecule has 0 N–H and O–H groups in total. The summed E-state index contributed by atoms with van der Waals surface area (Å²) in [5.41, 5.74) is 0.648. The molecule has 0 spiro atoms. The normalized spacial score (nSPS) is 26.2. The molecule has 0 radical (unpaired) electrons. The van der Waals surface area contributed by atoms with Crippen LogP contribution in [-0.4, -0.2) is 39.5 Å². The van der Waals surface area contributed by atoms with Gasteiger partial charge in [-0.25, -0.2) is 0 Å². The number of hydrogen-bond donors (Lipinski definition) is 0. The molecule has 2 aromatic heterocycles. The molecule has 1 saturated carbocycles. The van der Waals surface area contributed by atoms with Gasteiger partial charge in [0.15, 0.2) is 0 Å². The topological polar surface area (TPSA) is 55.3 Å². The zero-order valence-corrected chi connectivity index (χ0v) is 12.1. The molecule has 5 nitrogen and oxygen atoms in total. The zero-order chi connectivity index (χ0) is 14.9. The summed E-state index contributed by atoms with van der Waals surface area (Å²) in [5, 5.41) is 0. The van der Waals surface area contributed by atoms with Crippen LogP contribution < -0.4 is 4.74 Å². The van der Waals surface area contributed by atoms with Crippen molar-refractivity contribution in [1.29, 1.82) is 0 Å². The lowest BCUT2D eigenvalue weighted by Crippen LogP contribution is -2.40. The lowest BCUT2D eigenvalue weighted by molar-refractivity contribution is 0.0666. The Bertz CT molecular complexity index is 662. The van der Waals surface area contributed by atoms with Crippen molar-refractivity contribution in [2.45, 2.75) is 25.0 Å². The van der Waals surface area contributed by atoms with Crippen LogP contribution in [0.15, 0.2) is 49.1 Å². The molecule has 1 saturated heterocycles. The highest BCUT2D eigenvalue weighted by Gasteiger charge is 2.50. The molecule has 1 aliphatic heterocycles. The van der Waals surface area contributed by atoms with Gasteiger partial charge in [-0.1, -0.05) is 0 Å². The third-order valence-corrected chi connectivity index (χ3v) is 4.58. The minimum absolute atomic E-state index is 0.0556. The van der Waals surface area contributed by atoms with Crippen molar-refractivity contribution in [2.24, 2.45) is 5.92 Å². The van der Waals surface area contributed by atoms with Gasteiger partial charge < -0.3 is 9.64 Å². The van der Waals surface area contributed by atoms with E-state index in [2.05, 4.69) is 9.97 Å². The molecule has 3 unspecified atom stereocenters. The molecule has 2 fully saturated rings. The third kappa shape index (κ3) is 2.22. The molecule has 3 atom stereocenters. The Labute approximate surface area is 129 Å². The summed E-state index contributed by atoms with van der Waals surface area (Å²) in [7, 11) is 0. The fourth-order valence-electron chi connectivity index (χ4n) is 3.58. The summed E-state index contributed by atoms with van der Waals surface area (Å²) < 4.78 is 6.11. The number of pyridine rings is 2. The summed E-state index contributed by atoms with van der Waals surface area (Å²) in [5.74, 6) is 1.24. The average Bonchev–Trinajstić information content (AvgIpc) is 3.13. The van der Waals surface area contributed by atoms with E-state index in [1.54, 1.807) is 30.9 Å². The molecule has 3 heterocycles. The van der Waals surface area contributed by atoms with Crippen molar-refractivity contribution in [3.63, 3.8) is 0 Å². The Morgan fingerprint density at radius 2 is 1.95 bits per heavy atom. The van der Waals surface area contributed by atoms with Crippen LogP contribution in [0.2, 0.25) is 0 Å². The molecular formula is C17H17N3O2. The molecule has 1 amide bonds. The number of hydrogen-bond acceptors (Lipinski definition) is 4. The van der Waals surface area contributed by atoms with E-state index in [1.807, 2.05) is 23.1 Å². The van der Waals surface area contributed by atoms with Gasteiger partial charge in [0.1, 0.15) is 11.9 Å². The second kappa shape index (κ2) is 5.40. The average molecular weight is 295 g/mol. The molecule has 2 aliphatic rings. The van der Waals surface area contributed by atoms with Gasteiger partial charge in [-0.2, -0.15) is 0 Å². The number of nitrogens with zero attached hydrogens (tertiary/aromatic N) is 3. The first-order valence-electron chi connectivity index (χ1n) is 7.60. The first-order valence-corrected chi connectivity index (χ1v) is 7.60. The number of carbonyl (C=O) groups excluding carboxylic acids is 1. The molecule has 22 heavy (non-hydrogen) atoms. The highest BCUT2D eigenvalue weighted by Crippen LogP contribution is 2.40. The summed E-state index contributed by atoms with van der Waals surface area (Å²) in [6, 6.07) is 7.55. The summed E-state index contributed by atoms with van der Waals surface area (Å²) in [6.45, 7) is 0.767. The second-order valence-corrected chi connectivity index (χ2v) is 5.88. The van der Waals surface area contributed by atoms with E-state index in [9.17, 15) is 4.79 Å². The fraction of sp³-hybridized carbons (Fsp3) is 0.353. The largest absolute Gasteiger partial charge is 0.486 e. The van der Waals surface area contributed by atoms with Crippen molar-refractivity contribution in [3.8, 4) is 5.75 Å². The van der Waals surface area contributed by atoms with Crippen LogP contribution in [0, 0.1) is 5.92 Å². The maximum atomic E-state index is 12.7. The number of piperidine rings is 1. The number of likely N-dealkylation sites (tertiary alicyclic amines) is 1. The quantitative estimate of drug-likeness (QED) is 0.870. The van der Waals surface area contributed by atoms with Gasteiger partial charge in [-0.3, -0.25) is 14.8 Å². The van der Waals surface area contributed by atoms with E-state index in [0.29, 0.717) is 11.5 Å². The Morgan fingerprint density at radius 3 is 2.68 bits per heavy atom. The fourth-order valence-corrected chi connectivity index (χ4v) is 3.58. The first-order chi connectivity index (χ1) is 10.8. The van der Waals surface area contributed by atoms with Gasteiger partial charge in [-0.05, 0) is 37.1 Å². The van der Waals surface area contributed by atoms with E-state index in [-0.39, 0.29) is 18.1 Å². The van der Waals surface area contributed by atoms with Crippen LogP contribution in [0.4, 0.5) is 0 Å². The summed E-state index contributed by atoms with van der Waals surface area (Å²) in [6.07, 6.45) is 8.96. The number of rotatable bonds is 3. The van der Waals surface area contributed by atoms with Crippen LogP contribution in [0.25, 0.3) is 0 Å². The van der Waals surface area contributed by atoms with Gasteiger partial charge in [0.25, 0.3) is 5.91 Å². The Kier molecular flexibility index (Phi) is 3.25. The van der Waals surface area contributed by atoms with Crippen molar-refractivity contribution >= 4 is 5.91 Å². The van der Waals surface area contributed by atoms with Crippen LogP contribution in [-0.2, 0) is 0 Å². The van der Waals surface area contributed by atoms with E-state index in [4.69, 9.17) is 4.74 Å². The standard InChI is InChI=1S/C17H17N3O2/c21-17(12-3-1-7-18-9-12)20-11-13-5-6-15(20)16(13)22-14-4-2-8-19-10-14/h1-4,7-10,13,15-16H,5-6,11H2. The lowest BCUT2D eigenvalue weighted by atomic mass is 10.1. The number of aromatic nitrogens is 2. The molecule has 2 aromatic rings. The van der Waals surface area contributed by atoms with Crippen LogP contribution in [0.1, 0.15) is 23.2 Å². The van der Waals surface area contributed by atoms with Gasteiger partial charge in [-0.15, -0.1) is 0 Å². The van der Waals surface area contributed by atoms with Crippen molar-refractivity contribution in [3.05, 3.63) is 54.6 Å². The highest BCUT2D eigenvalue weighted by atomic mass is 16.5. The first kappa shape index (κ1) is 13.2. The van der Waals surface area contributed by atoms with Gasteiger partial charge in [0.05, 0.1) is 17.8 Å². The van der Waals surface area contributed by atoms with Gasteiger partial charge >= 0.3 is 0 Å². The van der Waals surface area contributed by atoms with Gasteiger partial charge in [0, 0.05) is 31.1 Å². The van der Waals surface area contributed by atoms with E-state index in [1.165, 1.54) is 0 Å². The maximum absolute atomic E-state index is 12.7. The second-order valence-electron chi connectivity index (χ2n) is 5.88. The monoisotopic (exact) mass is 295 g/mol. The molecule has 1 aliphatic carbocycles. The Hall–Kier alpha value is -2.43. The number of ether oxygens (including phenoxy) is 1. The molecular weight excluding hydrogens is 278 g/mol. The Balaban J connectivity index is 1.52.